The van der Waals surface area contributed by atoms with Crippen molar-refractivity contribution in [2.75, 3.05) is 25.0 Å². The van der Waals surface area contributed by atoms with E-state index < -0.39 is 6.29 Å². The zero-order valence-corrected chi connectivity index (χ0v) is 23.4. The number of carbonyl (C=O) groups excluding carboxylic acids is 2. The molecule has 1 N–H and O–H groups in total. The minimum atomic E-state index is -0.633. The van der Waals surface area contributed by atoms with Crippen LogP contribution in [0.3, 0.4) is 0 Å². The highest BCUT2D eigenvalue weighted by Gasteiger charge is 2.37. The Kier molecular flexibility index (Phi) is 8.21. The van der Waals surface area contributed by atoms with Crippen molar-refractivity contribution < 1.29 is 24.2 Å². The van der Waals surface area contributed by atoms with Gasteiger partial charge in [0.05, 0.1) is 35.6 Å². The Hall–Kier alpha value is -4.21. The Balaban J connectivity index is 1.19. The van der Waals surface area contributed by atoms with Crippen LogP contribution in [-0.2, 0) is 22.5 Å². The third-order valence-electron chi connectivity index (χ3n) is 7.82. The fraction of sp³-hybridized carbons (Fsp3) is 0.265. The van der Waals surface area contributed by atoms with Crippen LogP contribution in [0.15, 0.2) is 97.2 Å². The summed E-state index contributed by atoms with van der Waals surface area (Å²) in [7, 11) is 2.08. The predicted molar refractivity (Wildman–Crippen MR) is 158 cm³/mol. The van der Waals surface area contributed by atoms with Crippen molar-refractivity contribution in [2.24, 2.45) is 0 Å². The quantitative estimate of drug-likeness (QED) is 0.284. The van der Waals surface area contributed by atoms with Crippen LogP contribution in [0.4, 0.5) is 5.69 Å². The van der Waals surface area contributed by atoms with Crippen molar-refractivity contribution in [1.82, 2.24) is 9.88 Å². The van der Waals surface area contributed by atoms with E-state index in [4.69, 9.17) is 9.47 Å². The van der Waals surface area contributed by atoms with E-state index in [1.165, 1.54) is 4.90 Å². The average molecular weight is 564 g/mol. The molecular formula is C34H33N3O5. The molecule has 0 unspecified atom stereocenters. The van der Waals surface area contributed by atoms with Gasteiger partial charge in [0.25, 0.3) is 11.8 Å². The molecule has 3 atom stereocenters. The summed E-state index contributed by atoms with van der Waals surface area (Å²) in [4.78, 5) is 33.8. The summed E-state index contributed by atoms with van der Waals surface area (Å²) in [5.74, 6) is -0.651. The zero-order chi connectivity index (χ0) is 29.1. The Morgan fingerprint density at radius 1 is 0.857 bits per heavy atom. The lowest BCUT2D eigenvalue weighted by Crippen LogP contribution is -2.38. The van der Waals surface area contributed by atoms with Gasteiger partial charge < -0.3 is 19.5 Å². The standard InChI is InChI=1S/C34H33N3O5/c1-36(19-17-26-6-4-5-18-35-26)21-28-20-31(24-11-9-23(22-38)10-12-24)42-34(41-28)25-13-15-27(16-14-25)37-32(39)29-7-2-3-8-30(29)33(37)40/h2-16,18,28,31,34,38H,17,19-22H2,1H3/t28-,31+,34+/m0/s1. The zero-order valence-electron chi connectivity index (χ0n) is 23.4. The molecule has 1 saturated heterocycles. The van der Waals surface area contributed by atoms with Crippen LogP contribution < -0.4 is 4.90 Å². The number of ether oxygens (including phenoxy) is 2. The van der Waals surface area contributed by atoms with E-state index in [1.807, 2.05) is 60.8 Å². The fourth-order valence-electron chi connectivity index (χ4n) is 5.53. The maximum Gasteiger partial charge on any atom is 0.266 e. The third-order valence-corrected chi connectivity index (χ3v) is 7.82. The number of aliphatic hydroxyl groups is 1. The molecule has 214 valence electrons. The van der Waals surface area contributed by atoms with Crippen LogP contribution in [0.1, 0.15) is 61.9 Å². The van der Waals surface area contributed by atoms with Crippen molar-refractivity contribution in [3.8, 4) is 0 Å². The molecule has 42 heavy (non-hydrogen) atoms. The molecule has 0 spiro atoms. The number of hydrogen-bond acceptors (Lipinski definition) is 7. The Bertz CT molecular complexity index is 1510. The van der Waals surface area contributed by atoms with Crippen molar-refractivity contribution in [2.45, 2.75) is 37.9 Å². The number of rotatable bonds is 9. The maximum absolute atomic E-state index is 13.0. The predicted octanol–water partition coefficient (Wildman–Crippen LogP) is 5.09. The van der Waals surface area contributed by atoms with E-state index in [2.05, 4.69) is 16.9 Å². The maximum atomic E-state index is 13.0. The van der Waals surface area contributed by atoms with E-state index in [0.29, 0.717) is 29.8 Å². The molecule has 6 rings (SSSR count). The molecule has 3 heterocycles. The van der Waals surface area contributed by atoms with Crippen molar-refractivity contribution in [3.63, 3.8) is 0 Å². The molecule has 8 heteroatoms. The van der Waals surface area contributed by atoms with Crippen molar-refractivity contribution >= 4 is 17.5 Å². The summed E-state index contributed by atoms with van der Waals surface area (Å²) < 4.78 is 13.0. The van der Waals surface area contributed by atoms with Crippen LogP contribution in [0, 0.1) is 0 Å². The summed E-state index contributed by atoms with van der Waals surface area (Å²) in [6.45, 7) is 1.54. The number of anilines is 1. The van der Waals surface area contributed by atoms with Crippen LogP contribution in [-0.4, -0.2) is 53.0 Å². The third kappa shape index (κ3) is 5.89. The van der Waals surface area contributed by atoms with Gasteiger partial charge in [-0.05, 0) is 54.6 Å². The lowest BCUT2D eigenvalue weighted by atomic mass is 9.99. The van der Waals surface area contributed by atoms with Gasteiger partial charge in [-0.15, -0.1) is 0 Å². The van der Waals surface area contributed by atoms with Gasteiger partial charge >= 0.3 is 0 Å². The molecule has 3 aromatic carbocycles. The van der Waals surface area contributed by atoms with E-state index in [1.54, 1.807) is 36.4 Å². The number of likely N-dealkylation sites (N-methyl/N-ethyl adjacent to an activating group) is 1. The topological polar surface area (TPSA) is 92.2 Å². The van der Waals surface area contributed by atoms with Crippen LogP contribution in [0.25, 0.3) is 0 Å². The molecule has 1 fully saturated rings. The second-order valence-corrected chi connectivity index (χ2v) is 10.8. The average Bonchev–Trinajstić information content (AvgIpc) is 3.29. The van der Waals surface area contributed by atoms with Gasteiger partial charge in [-0.1, -0.05) is 54.6 Å². The first-order valence-electron chi connectivity index (χ1n) is 14.2. The van der Waals surface area contributed by atoms with Gasteiger partial charge in [-0.2, -0.15) is 0 Å². The van der Waals surface area contributed by atoms with Gasteiger partial charge in [0.2, 0.25) is 0 Å². The number of pyridine rings is 1. The number of aromatic nitrogens is 1. The second kappa shape index (κ2) is 12.3. The molecule has 4 aromatic rings. The molecule has 0 saturated carbocycles. The molecule has 2 amide bonds. The Morgan fingerprint density at radius 3 is 2.17 bits per heavy atom. The SMILES string of the molecule is CN(CCc1ccccn1)C[C@@H]1C[C@H](c2ccc(CO)cc2)O[C@H](c2ccc(N3C(=O)c4ccccc4C3=O)cc2)O1. The molecule has 0 bridgehead atoms. The van der Waals surface area contributed by atoms with E-state index in [-0.39, 0.29) is 30.6 Å². The van der Waals surface area contributed by atoms with Crippen molar-refractivity contribution in [1.29, 1.82) is 0 Å². The summed E-state index contributed by atoms with van der Waals surface area (Å²) in [5, 5.41) is 9.48. The van der Waals surface area contributed by atoms with Gasteiger partial charge in [-0.3, -0.25) is 14.6 Å². The summed E-state index contributed by atoms with van der Waals surface area (Å²) in [6.07, 6.45) is 2.39. The van der Waals surface area contributed by atoms with E-state index in [0.717, 1.165) is 35.3 Å². The number of benzene rings is 3. The summed E-state index contributed by atoms with van der Waals surface area (Å²) >= 11 is 0. The highest BCUT2D eigenvalue weighted by atomic mass is 16.7. The number of fused-ring (bicyclic) bond motifs is 1. The molecule has 8 nitrogen and oxygen atoms in total. The molecular weight excluding hydrogens is 530 g/mol. The second-order valence-electron chi connectivity index (χ2n) is 10.8. The number of hydrogen-bond donors (Lipinski definition) is 1. The molecule has 2 aliphatic rings. The van der Waals surface area contributed by atoms with Crippen molar-refractivity contribution in [3.05, 3.63) is 131 Å². The van der Waals surface area contributed by atoms with Gasteiger partial charge in [-0.25, -0.2) is 4.90 Å². The summed E-state index contributed by atoms with van der Waals surface area (Å²) in [6, 6.07) is 27.8. The molecule has 1 aromatic heterocycles. The lowest BCUT2D eigenvalue weighted by Gasteiger charge is -2.38. The summed E-state index contributed by atoms with van der Waals surface area (Å²) in [5.41, 5.74) is 5.04. The lowest BCUT2D eigenvalue weighted by molar-refractivity contribution is -0.252. The highest BCUT2D eigenvalue weighted by Crippen LogP contribution is 2.39. The number of nitrogens with zero attached hydrogens (tertiary/aromatic N) is 3. The van der Waals surface area contributed by atoms with Gasteiger partial charge in [0, 0.05) is 43.4 Å². The minimum absolute atomic E-state index is 0.0132. The monoisotopic (exact) mass is 563 g/mol. The smallest absolute Gasteiger partial charge is 0.266 e. The van der Waals surface area contributed by atoms with Crippen LogP contribution in [0.5, 0.6) is 0 Å². The minimum Gasteiger partial charge on any atom is -0.392 e. The first kappa shape index (κ1) is 27.9. The molecule has 0 radical (unpaired) electrons. The van der Waals surface area contributed by atoms with Gasteiger partial charge in [0.1, 0.15) is 0 Å². The van der Waals surface area contributed by atoms with E-state index in [9.17, 15) is 14.7 Å². The number of imide groups is 1. The molecule has 2 aliphatic heterocycles. The number of amides is 2. The van der Waals surface area contributed by atoms with E-state index >= 15 is 0 Å². The van der Waals surface area contributed by atoms with Gasteiger partial charge in [0.15, 0.2) is 6.29 Å². The van der Waals surface area contributed by atoms with Crippen LogP contribution in [0.2, 0.25) is 0 Å². The number of carbonyl (C=O) groups is 2. The van der Waals surface area contributed by atoms with Crippen LogP contribution >= 0.6 is 0 Å². The first-order valence-corrected chi connectivity index (χ1v) is 14.2. The highest BCUT2D eigenvalue weighted by molar-refractivity contribution is 6.34. The fourth-order valence-corrected chi connectivity index (χ4v) is 5.53. The number of aliphatic hydroxyl groups excluding tert-OH is 1. The first-order chi connectivity index (χ1) is 20.5. The Morgan fingerprint density at radius 2 is 1.52 bits per heavy atom. The largest absolute Gasteiger partial charge is 0.392 e. The molecule has 0 aliphatic carbocycles. The Labute approximate surface area is 245 Å². The normalized spacial score (nSPS) is 20.3.